The number of hydrogen-bond acceptors (Lipinski definition) is 6. The number of piperidine rings is 1. The molecule has 2 fully saturated rings. The first kappa shape index (κ1) is 20.0. The second-order valence-electron chi connectivity index (χ2n) is 7.26. The van der Waals surface area contributed by atoms with Crippen molar-refractivity contribution in [3.8, 4) is 6.07 Å². The highest BCUT2D eigenvalue weighted by Gasteiger charge is 2.37. The largest absolute Gasteiger partial charge is 0.356 e. The van der Waals surface area contributed by atoms with Crippen LogP contribution in [0.25, 0.3) is 0 Å². The maximum Gasteiger partial charge on any atom is 0.249 e. The average Bonchev–Trinajstić information content (AvgIpc) is 3.23. The van der Waals surface area contributed by atoms with Crippen LogP contribution in [-0.4, -0.2) is 40.6 Å². The van der Waals surface area contributed by atoms with Gasteiger partial charge in [0.25, 0.3) is 0 Å². The quantitative estimate of drug-likeness (QED) is 0.551. The summed E-state index contributed by atoms with van der Waals surface area (Å²) < 4.78 is 0. The highest BCUT2D eigenvalue weighted by atomic mass is 35.5. The number of benzene rings is 1. The number of hydroxylamine groups is 2. The molecule has 29 heavy (non-hydrogen) atoms. The fraction of sp³-hybridized carbons (Fsp3) is 0.400. The predicted octanol–water partition coefficient (Wildman–Crippen LogP) is 2.62. The number of hydrogen-bond donors (Lipinski definition) is 0. The van der Waals surface area contributed by atoms with E-state index in [-0.39, 0.29) is 17.9 Å². The average molecular weight is 430 g/mol. The summed E-state index contributed by atoms with van der Waals surface area (Å²) >= 11 is 5.96. The van der Waals surface area contributed by atoms with Crippen LogP contribution < -0.4 is 10.2 Å². The number of carbonyl (C=O) groups excluding carboxylic acids is 1. The Balaban J connectivity index is 1.44. The number of carbonyl (C=O) groups is 1. The Kier molecular flexibility index (Phi) is 5.96. The zero-order valence-electron chi connectivity index (χ0n) is 15.8. The van der Waals surface area contributed by atoms with E-state index in [1.165, 1.54) is 11.4 Å². The lowest BCUT2D eigenvalue weighted by molar-refractivity contribution is -0.182. The Morgan fingerprint density at radius 2 is 2.00 bits per heavy atom. The van der Waals surface area contributed by atoms with Crippen LogP contribution in [0.1, 0.15) is 36.4 Å². The summed E-state index contributed by atoms with van der Waals surface area (Å²) in [5.74, 6) is 0.701. The van der Waals surface area contributed by atoms with Crippen molar-refractivity contribution in [1.29, 1.82) is 5.26 Å². The van der Waals surface area contributed by atoms with E-state index in [2.05, 4.69) is 30.2 Å². The molecule has 150 valence electrons. The number of anilines is 1. The molecule has 3 heterocycles. The molecule has 2 aliphatic rings. The van der Waals surface area contributed by atoms with E-state index in [4.69, 9.17) is 16.4 Å². The summed E-state index contributed by atoms with van der Waals surface area (Å²) in [6.45, 7) is 1.95. The van der Waals surface area contributed by atoms with Crippen molar-refractivity contribution in [1.82, 2.24) is 15.0 Å². The Labute approximate surface area is 176 Å². The molecule has 0 radical (unpaired) electrons. The molecular weight excluding hydrogens is 409 g/mol. The van der Waals surface area contributed by atoms with Gasteiger partial charge in [0.15, 0.2) is 0 Å². The van der Waals surface area contributed by atoms with Gasteiger partial charge in [0, 0.05) is 31.5 Å². The number of aromatic nitrogens is 2. The molecule has 1 aromatic carbocycles. The number of amides is 1. The lowest BCUT2D eigenvalue weighted by Gasteiger charge is -2.34. The van der Waals surface area contributed by atoms with E-state index in [1.807, 2.05) is 18.2 Å². The van der Waals surface area contributed by atoms with Crippen LogP contribution in [0.15, 0.2) is 30.6 Å². The van der Waals surface area contributed by atoms with Crippen LogP contribution in [0.2, 0.25) is 5.15 Å². The van der Waals surface area contributed by atoms with Gasteiger partial charge in [-0.05, 0) is 41.9 Å². The zero-order chi connectivity index (χ0) is 20.4. The van der Waals surface area contributed by atoms with Gasteiger partial charge in [0.05, 0.1) is 24.3 Å². The van der Waals surface area contributed by atoms with Crippen molar-refractivity contribution in [3.05, 3.63) is 46.9 Å². The highest BCUT2D eigenvalue weighted by molar-refractivity contribution is 7.27. The van der Waals surface area contributed by atoms with E-state index in [0.29, 0.717) is 17.3 Å². The SMILES string of the molecule is N#Cc1cc(P)cc([C@@H]2CCON2C(=O)C2CCN(c3cc(Cl)ncn3)CC2)c1. The van der Waals surface area contributed by atoms with Crippen molar-refractivity contribution in [2.24, 2.45) is 5.92 Å². The van der Waals surface area contributed by atoms with Gasteiger partial charge in [-0.1, -0.05) is 11.6 Å². The Morgan fingerprint density at radius 3 is 2.72 bits per heavy atom. The van der Waals surface area contributed by atoms with Gasteiger partial charge in [-0.2, -0.15) is 5.26 Å². The first-order chi connectivity index (χ1) is 14.0. The lowest BCUT2D eigenvalue weighted by atomic mass is 9.94. The van der Waals surface area contributed by atoms with Crippen molar-refractivity contribution < 1.29 is 9.63 Å². The van der Waals surface area contributed by atoms with Gasteiger partial charge >= 0.3 is 0 Å². The van der Waals surface area contributed by atoms with Gasteiger partial charge < -0.3 is 4.90 Å². The summed E-state index contributed by atoms with van der Waals surface area (Å²) in [5.41, 5.74) is 1.52. The van der Waals surface area contributed by atoms with E-state index in [1.54, 1.807) is 6.07 Å². The van der Waals surface area contributed by atoms with Gasteiger partial charge in [0.1, 0.15) is 17.3 Å². The topological polar surface area (TPSA) is 82.4 Å². The normalized spacial score (nSPS) is 20.0. The zero-order valence-corrected chi connectivity index (χ0v) is 17.7. The molecule has 9 heteroatoms. The van der Waals surface area contributed by atoms with Crippen molar-refractivity contribution in [2.75, 3.05) is 24.6 Å². The highest BCUT2D eigenvalue weighted by Crippen LogP contribution is 2.34. The minimum Gasteiger partial charge on any atom is -0.356 e. The van der Waals surface area contributed by atoms with E-state index >= 15 is 0 Å². The fourth-order valence-corrected chi connectivity index (χ4v) is 4.47. The van der Waals surface area contributed by atoms with Crippen LogP contribution >= 0.6 is 20.8 Å². The van der Waals surface area contributed by atoms with Crippen molar-refractivity contribution >= 4 is 37.9 Å². The smallest absolute Gasteiger partial charge is 0.249 e. The van der Waals surface area contributed by atoms with Crippen LogP contribution in [-0.2, 0) is 9.63 Å². The molecule has 2 atom stereocenters. The minimum atomic E-state index is -0.159. The number of nitrogens with zero attached hydrogens (tertiary/aromatic N) is 5. The van der Waals surface area contributed by atoms with Gasteiger partial charge in [-0.3, -0.25) is 9.63 Å². The van der Waals surface area contributed by atoms with Gasteiger partial charge in [-0.15, -0.1) is 9.24 Å². The van der Waals surface area contributed by atoms with E-state index < -0.39 is 0 Å². The molecule has 0 spiro atoms. The Hall–Kier alpha value is -2.26. The molecule has 1 unspecified atom stereocenters. The summed E-state index contributed by atoms with van der Waals surface area (Å²) in [7, 11) is 2.62. The maximum atomic E-state index is 13.2. The first-order valence-corrected chi connectivity index (χ1v) is 10.5. The molecule has 0 N–H and O–H groups in total. The molecule has 1 amide bonds. The molecule has 4 rings (SSSR count). The molecule has 2 aromatic rings. The van der Waals surface area contributed by atoms with Crippen LogP contribution in [0.3, 0.4) is 0 Å². The molecule has 2 aliphatic heterocycles. The Bertz CT molecular complexity index is 958. The van der Waals surface area contributed by atoms with E-state index in [9.17, 15) is 10.1 Å². The third-order valence-electron chi connectivity index (χ3n) is 5.40. The van der Waals surface area contributed by atoms with Crippen LogP contribution in [0, 0.1) is 17.2 Å². The number of nitriles is 1. The lowest BCUT2D eigenvalue weighted by Crippen LogP contribution is -2.42. The Morgan fingerprint density at radius 1 is 1.21 bits per heavy atom. The molecule has 0 aliphatic carbocycles. The molecule has 0 bridgehead atoms. The molecule has 2 saturated heterocycles. The predicted molar refractivity (Wildman–Crippen MR) is 113 cm³/mol. The third kappa shape index (κ3) is 4.35. The van der Waals surface area contributed by atoms with Crippen molar-refractivity contribution in [3.63, 3.8) is 0 Å². The first-order valence-electron chi connectivity index (χ1n) is 9.54. The summed E-state index contributed by atoms with van der Waals surface area (Å²) in [5, 5.41) is 12.1. The number of halogens is 1. The van der Waals surface area contributed by atoms with E-state index in [0.717, 1.165) is 49.0 Å². The molecule has 1 aromatic heterocycles. The second kappa shape index (κ2) is 8.62. The summed E-state index contributed by atoms with van der Waals surface area (Å²) in [6.07, 6.45) is 3.62. The fourth-order valence-electron chi connectivity index (χ4n) is 3.96. The maximum absolute atomic E-state index is 13.2. The molecular formula is C20H21ClN5O2P. The van der Waals surface area contributed by atoms with Crippen LogP contribution in [0.4, 0.5) is 5.82 Å². The summed E-state index contributed by atoms with van der Waals surface area (Å²) in [6, 6.07) is 9.41. The third-order valence-corrected chi connectivity index (χ3v) is 5.94. The van der Waals surface area contributed by atoms with Gasteiger partial charge in [0.2, 0.25) is 5.91 Å². The standard InChI is InChI=1S/C20H21ClN5O2P/c21-18-10-19(24-12-23-18)25-4-1-14(2-5-25)20(27)26-17(3-6-28-26)15-7-13(11-22)8-16(29)9-15/h7-10,12,14,17H,1-6,29H2/t17-/m0/s1. The van der Waals surface area contributed by atoms with Crippen molar-refractivity contribution in [2.45, 2.75) is 25.3 Å². The number of rotatable bonds is 3. The second-order valence-corrected chi connectivity index (χ2v) is 8.32. The molecule has 7 nitrogen and oxygen atoms in total. The minimum absolute atomic E-state index is 0.0144. The van der Waals surface area contributed by atoms with Gasteiger partial charge in [-0.25, -0.2) is 15.0 Å². The van der Waals surface area contributed by atoms with Crippen LogP contribution in [0.5, 0.6) is 0 Å². The molecule has 0 saturated carbocycles. The monoisotopic (exact) mass is 429 g/mol. The summed E-state index contributed by atoms with van der Waals surface area (Å²) in [4.78, 5) is 29.2.